The Labute approximate surface area is 186 Å². The molecule has 32 heavy (non-hydrogen) atoms. The third-order valence-corrected chi connectivity index (χ3v) is 4.90. The summed E-state index contributed by atoms with van der Waals surface area (Å²) in [6.07, 6.45) is 0.944. The number of methoxy groups -OCH3 is 2. The number of benzene rings is 2. The average Bonchev–Trinajstić information content (AvgIpc) is 2.83. The van der Waals surface area contributed by atoms with Crippen molar-refractivity contribution in [3.05, 3.63) is 70.5 Å². The Hall–Kier alpha value is -3.81. The number of nitrogens with one attached hydrogen (secondary N) is 1. The lowest BCUT2D eigenvalue weighted by molar-refractivity contribution is -0.123. The van der Waals surface area contributed by atoms with E-state index in [1.165, 1.54) is 16.3 Å². The van der Waals surface area contributed by atoms with Crippen LogP contribution in [0.1, 0.15) is 12.5 Å². The van der Waals surface area contributed by atoms with E-state index in [0.29, 0.717) is 28.5 Å². The van der Waals surface area contributed by atoms with Gasteiger partial charge in [0, 0.05) is 18.2 Å². The minimum atomic E-state index is -0.275. The molecule has 0 aliphatic heterocycles. The highest BCUT2D eigenvalue weighted by atomic mass is 16.5. The summed E-state index contributed by atoms with van der Waals surface area (Å²) in [4.78, 5) is 24.3. The predicted octanol–water partition coefficient (Wildman–Crippen LogP) is 2.69. The summed E-state index contributed by atoms with van der Waals surface area (Å²) in [5.74, 6) is 1.62. The fourth-order valence-corrected chi connectivity index (χ4v) is 3.09. The zero-order chi connectivity index (χ0) is 22.9. The third-order valence-electron chi connectivity index (χ3n) is 4.90. The second-order valence-corrected chi connectivity index (χ2v) is 6.98. The molecular weight excluding hydrogens is 410 g/mol. The van der Waals surface area contributed by atoms with Gasteiger partial charge in [0.05, 0.1) is 26.5 Å². The maximum atomic E-state index is 12.2. The number of carbonyl (C=O) groups is 1. The van der Waals surface area contributed by atoms with Gasteiger partial charge in [0.15, 0.2) is 6.61 Å². The number of hydrogen-bond acceptors (Lipinski definition) is 6. The van der Waals surface area contributed by atoms with E-state index < -0.39 is 0 Å². The topological polar surface area (TPSA) is 91.7 Å². The molecule has 0 aliphatic carbocycles. The Bertz CT molecular complexity index is 1110. The molecule has 2 aromatic carbocycles. The van der Waals surface area contributed by atoms with Crippen LogP contribution in [-0.4, -0.2) is 43.1 Å². The Kier molecular flexibility index (Phi) is 7.85. The molecular formula is C24H27N3O5. The third kappa shape index (κ3) is 5.87. The molecule has 1 heterocycles. The fourth-order valence-electron chi connectivity index (χ4n) is 3.09. The molecule has 168 valence electrons. The molecule has 0 radical (unpaired) electrons. The molecule has 0 bridgehead atoms. The van der Waals surface area contributed by atoms with Crippen molar-refractivity contribution in [2.24, 2.45) is 0 Å². The molecule has 0 aliphatic rings. The smallest absolute Gasteiger partial charge is 0.266 e. The highest BCUT2D eigenvalue weighted by Crippen LogP contribution is 2.31. The molecule has 0 unspecified atom stereocenters. The van der Waals surface area contributed by atoms with E-state index in [9.17, 15) is 9.59 Å². The SMILES string of the molecule is CCc1ccc(OCC(=O)NCCn2nc(-c3cc(OC)ccc3OC)ccc2=O)cc1. The van der Waals surface area contributed by atoms with Gasteiger partial charge in [0.25, 0.3) is 11.5 Å². The lowest BCUT2D eigenvalue weighted by Gasteiger charge is -2.12. The molecule has 0 spiro atoms. The Balaban J connectivity index is 1.59. The van der Waals surface area contributed by atoms with Gasteiger partial charge < -0.3 is 19.5 Å². The summed E-state index contributed by atoms with van der Waals surface area (Å²) in [5.41, 5.74) is 2.20. The molecule has 3 rings (SSSR count). The quantitative estimate of drug-likeness (QED) is 0.524. The first kappa shape index (κ1) is 22.9. The maximum Gasteiger partial charge on any atom is 0.266 e. The first-order valence-electron chi connectivity index (χ1n) is 10.3. The van der Waals surface area contributed by atoms with Gasteiger partial charge in [-0.15, -0.1) is 0 Å². The molecule has 1 aromatic heterocycles. The van der Waals surface area contributed by atoms with E-state index >= 15 is 0 Å². The molecule has 0 saturated carbocycles. The van der Waals surface area contributed by atoms with Crippen molar-refractivity contribution >= 4 is 5.91 Å². The lowest BCUT2D eigenvalue weighted by atomic mass is 10.1. The van der Waals surface area contributed by atoms with Crippen LogP contribution in [0, 0.1) is 0 Å². The summed E-state index contributed by atoms with van der Waals surface area (Å²) >= 11 is 0. The van der Waals surface area contributed by atoms with E-state index in [2.05, 4.69) is 17.3 Å². The van der Waals surface area contributed by atoms with Crippen LogP contribution in [0.25, 0.3) is 11.3 Å². The second-order valence-electron chi connectivity index (χ2n) is 6.98. The van der Waals surface area contributed by atoms with Crippen molar-refractivity contribution < 1.29 is 19.0 Å². The van der Waals surface area contributed by atoms with E-state index in [-0.39, 0.29) is 31.2 Å². The molecule has 3 aromatic rings. The van der Waals surface area contributed by atoms with Crippen LogP contribution in [0.3, 0.4) is 0 Å². The van der Waals surface area contributed by atoms with Crippen molar-refractivity contribution in [2.45, 2.75) is 19.9 Å². The number of rotatable bonds is 10. The summed E-state index contributed by atoms with van der Waals surface area (Å²) < 4.78 is 17.5. The predicted molar refractivity (Wildman–Crippen MR) is 121 cm³/mol. The number of ether oxygens (including phenoxy) is 3. The second kappa shape index (κ2) is 11.0. The van der Waals surface area contributed by atoms with Gasteiger partial charge in [-0.2, -0.15) is 5.10 Å². The standard InChI is InChI=1S/C24H27N3O5/c1-4-17-5-7-18(8-6-17)32-16-23(28)25-13-14-27-24(29)12-10-21(26-27)20-15-19(30-2)9-11-22(20)31-3/h5-12,15H,4,13-14,16H2,1-3H3,(H,25,28). The summed E-state index contributed by atoms with van der Waals surface area (Å²) in [6, 6.07) is 16.0. The first-order chi connectivity index (χ1) is 15.5. The van der Waals surface area contributed by atoms with Gasteiger partial charge >= 0.3 is 0 Å². The van der Waals surface area contributed by atoms with Gasteiger partial charge in [-0.25, -0.2) is 4.68 Å². The molecule has 1 amide bonds. The molecule has 0 atom stereocenters. The van der Waals surface area contributed by atoms with Crippen LogP contribution >= 0.6 is 0 Å². The summed E-state index contributed by atoms with van der Waals surface area (Å²) in [5, 5.41) is 7.16. The van der Waals surface area contributed by atoms with Gasteiger partial charge in [-0.05, 0) is 48.4 Å². The van der Waals surface area contributed by atoms with Crippen LogP contribution in [0.15, 0.2) is 59.4 Å². The van der Waals surface area contributed by atoms with Crippen LogP contribution in [0.2, 0.25) is 0 Å². The van der Waals surface area contributed by atoms with Crippen molar-refractivity contribution in [1.29, 1.82) is 0 Å². The average molecular weight is 437 g/mol. The van der Waals surface area contributed by atoms with Crippen LogP contribution in [-0.2, 0) is 17.8 Å². The zero-order valence-corrected chi connectivity index (χ0v) is 18.5. The minimum Gasteiger partial charge on any atom is -0.497 e. The molecule has 0 saturated heterocycles. The number of amides is 1. The highest BCUT2D eigenvalue weighted by molar-refractivity contribution is 5.77. The fraction of sp³-hybridized carbons (Fsp3) is 0.292. The van der Waals surface area contributed by atoms with Gasteiger partial charge in [-0.3, -0.25) is 9.59 Å². The number of carbonyl (C=O) groups excluding carboxylic acids is 1. The minimum absolute atomic E-state index is 0.102. The summed E-state index contributed by atoms with van der Waals surface area (Å²) in [6.45, 7) is 2.43. The number of hydrogen-bond donors (Lipinski definition) is 1. The van der Waals surface area contributed by atoms with Crippen LogP contribution in [0.4, 0.5) is 0 Å². The lowest BCUT2D eigenvalue weighted by Crippen LogP contribution is -2.34. The van der Waals surface area contributed by atoms with Crippen molar-refractivity contribution in [2.75, 3.05) is 27.4 Å². The van der Waals surface area contributed by atoms with Crippen molar-refractivity contribution in [1.82, 2.24) is 15.1 Å². The Morgan fingerprint density at radius 3 is 2.44 bits per heavy atom. The largest absolute Gasteiger partial charge is 0.497 e. The number of aryl methyl sites for hydroxylation is 1. The van der Waals surface area contributed by atoms with E-state index in [4.69, 9.17) is 14.2 Å². The van der Waals surface area contributed by atoms with Crippen LogP contribution in [0.5, 0.6) is 17.2 Å². The number of aromatic nitrogens is 2. The normalized spacial score (nSPS) is 10.5. The van der Waals surface area contributed by atoms with Gasteiger partial charge in [0.2, 0.25) is 0 Å². The molecule has 8 nitrogen and oxygen atoms in total. The molecule has 8 heteroatoms. The molecule has 1 N–H and O–H groups in total. The van der Waals surface area contributed by atoms with Crippen LogP contribution < -0.4 is 25.1 Å². The maximum absolute atomic E-state index is 12.2. The first-order valence-corrected chi connectivity index (χ1v) is 10.3. The van der Waals surface area contributed by atoms with Crippen molar-refractivity contribution in [3.8, 4) is 28.5 Å². The Morgan fingerprint density at radius 2 is 1.75 bits per heavy atom. The zero-order valence-electron chi connectivity index (χ0n) is 18.5. The van der Waals surface area contributed by atoms with E-state index in [1.807, 2.05) is 24.3 Å². The molecule has 0 fully saturated rings. The van der Waals surface area contributed by atoms with Gasteiger partial charge in [0.1, 0.15) is 17.2 Å². The summed E-state index contributed by atoms with van der Waals surface area (Å²) in [7, 11) is 3.14. The number of nitrogens with zero attached hydrogens (tertiary/aromatic N) is 2. The van der Waals surface area contributed by atoms with Gasteiger partial charge in [-0.1, -0.05) is 19.1 Å². The monoisotopic (exact) mass is 437 g/mol. The van der Waals surface area contributed by atoms with E-state index in [0.717, 1.165) is 6.42 Å². The highest BCUT2D eigenvalue weighted by Gasteiger charge is 2.11. The van der Waals surface area contributed by atoms with Crippen molar-refractivity contribution in [3.63, 3.8) is 0 Å². The Morgan fingerprint density at radius 1 is 1.00 bits per heavy atom. The van der Waals surface area contributed by atoms with E-state index in [1.54, 1.807) is 38.5 Å².